The van der Waals surface area contributed by atoms with Crippen LogP contribution in [0.25, 0.3) is 0 Å². The maximum atomic E-state index is 11.7. The third-order valence-electron chi connectivity index (χ3n) is 3.88. The van der Waals surface area contributed by atoms with Gasteiger partial charge in [-0.15, -0.1) is 0 Å². The van der Waals surface area contributed by atoms with Gasteiger partial charge in [0, 0.05) is 6.54 Å². The number of nitrogens with zero attached hydrogens (tertiary/aromatic N) is 1. The summed E-state index contributed by atoms with van der Waals surface area (Å²) in [6.07, 6.45) is 2.98. The molecule has 0 spiro atoms. The van der Waals surface area contributed by atoms with Crippen LogP contribution in [0.1, 0.15) is 19.3 Å². The molecule has 0 radical (unpaired) electrons. The first-order valence-electron chi connectivity index (χ1n) is 5.83. The summed E-state index contributed by atoms with van der Waals surface area (Å²) < 4.78 is 0. The SMILES string of the molecule is O=C1C2CC2C(=O)N1CCC1CCNC1. The standard InChI is InChI=1S/C11H16N2O2/c14-10-8-5-9(8)11(15)13(10)4-2-7-1-3-12-6-7/h7-9,12H,1-6H2. The largest absolute Gasteiger partial charge is 0.316 e. The van der Waals surface area contributed by atoms with Gasteiger partial charge in [-0.05, 0) is 38.3 Å². The normalized spacial score (nSPS) is 38.7. The van der Waals surface area contributed by atoms with Crippen LogP contribution >= 0.6 is 0 Å². The molecule has 4 nitrogen and oxygen atoms in total. The van der Waals surface area contributed by atoms with E-state index in [1.807, 2.05) is 0 Å². The van der Waals surface area contributed by atoms with Crippen molar-refractivity contribution in [2.75, 3.05) is 19.6 Å². The van der Waals surface area contributed by atoms with Crippen molar-refractivity contribution in [3.63, 3.8) is 0 Å². The van der Waals surface area contributed by atoms with E-state index >= 15 is 0 Å². The van der Waals surface area contributed by atoms with Gasteiger partial charge in [0.1, 0.15) is 0 Å². The molecule has 2 saturated heterocycles. The Labute approximate surface area is 89.0 Å². The minimum atomic E-state index is 0.0687. The summed E-state index contributed by atoms with van der Waals surface area (Å²) in [4.78, 5) is 24.8. The lowest BCUT2D eigenvalue weighted by Gasteiger charge is -2.18. The van der Waals surface area contributed by atoms with E-state index in [0.29, 0.717) is 12.5 Å². The fraction of sp³-hybridized carbons (Fsp3) is 0.818. The van der Waals surface area contributed by atoms with Crippen LogP contribution in [-0.4, -0.2) is 36.3 Å². The topological polar surface area (TPSA) is 49.4 Å². The van der Waals surface area contributed by atoms with Crippen LogP contribution in [0.5, 0.6) is 0 Å². The van der Waals surface area contributed by atoms with Crippen LogP contribution in [0, 0.1) is 17.8 Å². The van der Waals surface area contributed by atoms with Gasteiger partial charge in [-0.3, -0.25) is 14.5 Å². The maximum absolute atomic E-state index is 11.7. The van der Waals surface area contributed by atoms with Crippen LogP contribution in [0.4, 0.5) is 0 Å². The fourth-order valence-corrected chi connectivity index (χ4v) is 2.74. The van der Waals surface area contributed by atoms with Crippen molar-refractivity contribution in [2.45, 2.75) is 19.3 Å². The van der Waals surface area contributed by atoms with E-state index in [1.165, 1.54) is 11.3 Å². The quantitative estimate of drug-likeness (QED) is 0.664. The first-order valence-corrected chi connectivity index (χ1v) is 5.83. The molecule has 3 atom stereocenters. The molecule has 0 aromatic rings. The number of likely N-dealkylation sites (tertiary alicyclic amines) is 1. The number of imide groups is 1. The van der Waals surface area contributed by atoms with Gasteiger partial charge in [0.15, 0.2) is 0 Å². The van der Waals surface area contributed by atoms with Gasteiger partial charge >= 0.3 is 0 Å². The van der Waals surface area contributed by atoms with Gasteiger partial charge in [-0.25, -0.2) is 0 Å². The minimum absolute atomic E-state index is 0.0687. The van der Waals surface area contributed by atoms with Gasteiger partial charge in [-0.1, -0.05) is 0 Å². The molecule has 4 heteroatoms. The second-order valence-corrected chi connectivity index (χ2v) is 4.92. The molecule has 0 aromatic heterocycles. The van der Waals surface area contributed by atoms with Crippen molar-refractivity contribution in [1.82, 2.24) is 10.2 Å². The molecule has 3 fully saturated rings. The highest BCUT2D eigenvalue weighted by molar-refractivity contribution is 6.08. The summed E-state index contributed by atoms with van der Waals surface area (Å²) in [5.41, 5.74) is 0. The van der Waals surface area contributed by atoms with E-state index in [-0.39, 0.29) is 23.7 Å². The summed E-state index contributed by atoms with van der Waals surface area (Å²) >= 11 is 0. The number of hydrogen-bond acceptors (Lipinski definition) is 3. The number of carbonyl (C=O) groups is 2. The Morgan fingerprint density at radius 3 is 2.60 bits per heavy atom. The van der Waals surface area contributed by atoms with E-state index in [9.17, 15) is 9.59 Å². The first-order chi connectivity index (χ1) is 7.27. The van der Waals surface area contributed by atoms with Gasteiger partial charge in [0.2, 0.25) is 11.8 Å². The smallest absolute Gasteiger partial charge is 0.233 e. The van der Waals surface area contributed by atoms with E-state index in [1.54, 1.807) is 0 Å². The van der Waals surface area contributed by atoms with Crippen molar-refractivity contribution < 1.29 is 9.59 Å². The highest BCUT2D eigenvalue weighted by Crippen LogP contribution is 2.47. The van der Waals surface area contributed by atoms with Crippen molar-refractivity contribution in [1.29, 1.82) is 0 Å². The fourth-order valence-electron chi connectivity index (χ4n) is 2.74. The lowest BCUT2D eigenvalue weighted by molar-refractivity contribution is -0.141. The Balaban J connectivity index is 1.54. The summed E-state index contributed by atoms with van der Waals surface area (Å²) in [6.45, 7) is 2.78. The number of nitrogens with one attached hydrogen (secondary N) is 1. The molecule has 82 valence electrons. The van der Waals surface area contributed by atoms with Crippen LogP contribution in [0.15, 0.2) is 0 Å². The molecule has 1 aliphatic carbocycles. The van der Waals surface area contributed by atoms with Crippen molar-refractivity contribution >= 4 is 11.8 Å². The predicted octanol–water partition coefficient (Wildman–Crippen LogP) is -0.00910. The molecule has 0 aromatic carbocycles. The van der Waals surface area contributed by atoms with Crippen LogP contribution in [0.3, 0.4) is 0 Å². The Bertz CT molecular complexity index is 290. The lowest BCUT2D eigenvalue weighted by Crippen LogP contribution is -2.34. The second-order valence-electron chi connectivity index (χ2n) is 4.92. The number of amides is 2. The molecule has 15 heavy (non-hydrogen) atoms. The number of carbonyl (C=O) groups excluding carboxylic acids is 2. The van der Waals surface area contributed by atoms with Gasteiger partial charge in [-0.2, -0.15) is 0 Å². The molecule has 2 amide bonds. The molecule has 2 aliphatic heterocycles. The van der Waals surface area contributed by atoms with Gasteiger partial charge in [0.05, 0.1) is 11.8 Å². The maximum Gasteiger partial charge on any atom is 0.233 e. The molecule has 1 saturated carbocycles. The Hall–Kier alpha value is -0.900. The third kappa shape index (κ3) is 1.47. The van der Waals surface area contributed by atoms with Crippen molar-refractivity contribution in [2.24, 2.45) is 17.8 Å². The van der Waals surface area contributed by atoms with E-state index < -0.39 is 0 Å². The Kier molecular flexibility index (Phi) is 2.06. The van der Waals surface area contributed by atoms with Gasteiger partial charge < -0.3 is 5.32 Å². The molecule has 3 aliphatic rings. The molecule has 1 N–H and O–H groups in total. The molecule has 3 rings (SSSR count). The first kappa shape index (κ1) is 9.33. The van der Waals surface area contributed by atoms with E-state index in [4.69, 9.17) is 0 Å². The predicted molar refractivity (Wildman–Crippen MR) is 53.9 cm³/mol. The number of piperidine rings is 1. The summed E-state index contributed by atoms with van der Waals surface area (Å²) in [5.74, 6) is 0.979. The summed E-state index contributed by atoms with van der Waals surface area (Å²) in [7, 11) is 0. The summed E-state index contributed by atoms with van der Waals surface area (Å²) in [5, 5.41) is 3.30. The molecule has 3 unspecified atom stereocenters. The van der Waals surface area contributed by atoms with Crippen LogP contribution in [0.2, 0.25) is 0 Å². The van der Waals surface area contributed by atoms with Crippen LogP contribution < -0.4 is 5.32 Å². The Morgan fingerprint density at radius 1 is 1.27 bits per heavy atom. The molecule has 2 heterocycles. The lowest BCUT2D eigenvalue weighted by atomic mass is 10.0. The molecular formula is C11H16N2O2. The van der Waals surface area contributed by atoms with Crippen molar-refractivity contribution in [3.8, 4) is 0 Å². The zero-order valence-corrected chi connectivity index (χ0v) is 8.74. The average molecular weight is 208 g/mol. The third-order valence-corrected chi connectivity index (χ3v) is 3.88. The average Bonchev–Trinajstić information content (AvgIpc) is 2.80. The molecule has 0 bridgehead atoms. The molecular weight excluding hydrogens is 192 g/mol. The minimum Gasteiger partial charge on any atom is -0.316 e. The van der Waals surface area contributed by atoms with Crippen LogP contribution in [-0.2, 0) is 9.59 Å². The van der Waals surface area contributed by atoms with Gasteiger partial charge in [0.25, 0.3) is 0 Å². The van der Waals surface area contributed by atoms with E-state index in [0.717, 1.165) is 25.9 Å². The zero-order chi connectivity index (χ0) is 10.4. The summed E-state index contributed by atoms with van der Waals surface area (Å²) in [6, 6.07) is 0. The number of rotatable bonds is 3. The van der Waals surface area contributed by atoms with E-state index in [2.05, 4.69) is 5.32 Å². The highest BCUT2D eigenvalue weighted by Gasteiger charge is 2.58. The Morgan fingerprint density at radius 2 is 2.00 bits per heavy atom. The highest BCUT2D eigenvalue weighted by atomic mass is 16.2. The zero-order valence-electron chi connectivity index (χ0n) is 8.74. The second kappa shape index (κ2) is 3.30. The number of hydrogen-bond donors (Lipinski definition) is 1. The monoisotopic (exact) mass is 208 g/mol. The van der Waals surface area contributed by atoms with Crippen molar-refractivity contribution in [3.05, 3.63) is 0 Å². The number of fused-ring (bicyclic) bond motifs is 1.